The number of carbonyl (C=O) groups excluding carboxylic acids is 2. The van der Waals surface area contributed by atoms with E-state index in [1.54, 1.807) is 0 Å². The predicted molar refractivity (Wildman–Crippen MR) is 221 cm³/mol. The summed E-state index contributed by atoms with van der Waals surface area (Å²) in [6, 6.07) is 0. The van der Waals surface area contributed by atoms with Crippen LogP contribution in [0.15, 0.2) is 0 Å². The number of phosphoric acid groups is 1. The van der Waals surface area contributed by atoms with Gasteiger partial charge >= 0.3 is 36.1 Å². The zero-order valence-corrected chi connectivity index (χ0v) is 38.6. The van der Waals surface area contributed by atoms with Crippen LogP contribution in [0.3, 0.4) is 0 Å². The van der Waals surface area contributed by atoms with E-state index < -0.39 is 76.1 Å². The van der Waals surface area contributed by atoms with Crippen LogP contribution in [-0.4, -0.2) is 94.2 Å². The van der Waals surface area contributed by atoms with E-state index in [2.05, 4.69) is 23.7 Å². The van der Waals surface area contributed by atoms with Crippen LogP contribution in [0, 0.1) is 23.7 Å². The van der Waals surface area contributed by atoms with E-state index in [4.69, 9.17) is 18.5 Å². The van der Waals surface area contributed by atoms with Gasteiger partial charge in [0.1, 0.15) is 19.8 Å². The molecule has 0 aliphatic heterocycles. The lowest BCUT2D eigenvalue weighted by Gasteiger charge is -2.28. The molecule has 0 fully saturated rings. The highest BCUT2D eigenvalue weighted by Crippen LogP contribution is 2.41. The van der Waals surface area contributed by atoms with Gasteiger partial charge < -0.3 is 27.9 Å². The van der Waals surface area contributed by atoms with Crippen molar-refractivity contribution >= 4 is 19.8 Å². The number of rotatable bonds is 36. The molecule has 0 aliphatic carbocycles. The molecule has 1 unspecified atom stereocenters. The third-order valence-corrected chi connectivity index (χ3v) is 10.7. The van der Waals surface area contributed by atoms with Crippen molar-refractivity contribution in [2.75, 3.05) is 47.5 Å². The second-order valence-electron chi connectivity index (χ2n) is 16.9. The maximum absolute atomic E-state index is 12.9. The fourth-order valence-electron chi connectivity index (χ4n) is 5.75. The standard InChI is InChI=1S/C44H70F10NO8P/c1-55(2,3)34-35-61-64(58,59)62-37-38(63-40(57)31-27-23-19-15-11-7-5-9-13-17-21-25-29-33-42(47,48)44(52,53)54)36-60-39(56)30-26-22-18-14-10-6-4-8-12-16-20-24-28-32-41(45,46)43(49,50)51/h38H,6-7,10-37H2,1-3H3/t38-/m1/s1. The number of halogens is 10. The van der Waals surface area contributed by atoms with Gasteiger partial charge in [0.25, 0.3) is 7.82 Å². The molecule has 0 N–H and O–H groups in total. The van der Waals surface area contributed by atoms with Crippen molar-refractivity contribution in [2.24, 2.45) is 0 Å². The first-order valence-electron chi connectivity index (χ1n) is 22.3. The monoisotopic (exact) mass is 961 g/mol. The molecule has 0 aromatic heterocycles. The lowest BCUT2D eigenvalue weighted by molar-refractivity contribution is -0.870. The number of alkyl halides is 10. The van der Waals surface area contributed by atoms with Crippen molar-refractivity contribution in [1.29, 1.82) is 0 Å². The van der Waals surface area contributed by atoms with E-state index in [1.807, 2.05) is 21.1 Å². The SMILES string of the molecule is C[N+](C)(C)CCOP(=O)([O-])OC[C@@H](COC(=O)CCCCCCCC#CCCCCCCC(F)(F)C(F)(F)F)OC(=O)CCCCCCCC#CCCCCCCC(F)(F)C(F)(F)F. The van der Waals surface area contributed by atoms with E-state index in [-0.39, 0.29) is 45.1 Å². The van der Waals surface area contributed by atoms with Gasteiger partial charge in [-0.1, -0.05) is 64.2 Å². The van der Waals surface area contributed by atoms with Crippen molar-refractivity contribution in [3.8, 4) is 23.7 Å². The zero-order valence-electron chi connectivity index (χ0n) is 37.7. The molecule has 0 radical (unpaired) electrons. The molecule has 0 saturated carbocycles. The number of carbonyl (C=O) groups is 2. The molecular weight excluding hydrogens is 891 g/mol. The maximum Gasteiger partial charge on any atom is 0.453 e. The van der Waals surface area contributed by atoms with Crippen LogP contribution >= 0.6 is 7.82 Å². The van der Waals surface area contributed by atoms with Gasteiger partial charge in [-0.25, -0.2) is 0 Å². The quantitative estimate of drug-likeness (QED) is 0.0152. The Morgan fingerprint density at radius 1 is 0.531 bits per heavy atom. The van der Waals surface area contributed by atoms with Gasteiger partial charge in [-0.3, -0.25) is 14.2 Å². The van der Waals surface area contributed by atoms with Gasteiger partial charge in [0.2, 0.25) is 0 Å². The smallest absolute Gasteiger partial charge is 0.453 e. The first-order chi connectivity index (χ1) is 29.8. The summed E-state index contributed by atoms with van der Waals surface area (Å²) in [7, 11) is 0.808. The number of esters is 2. The summed E-state index contributed by atoms with van der Waals surface area (Å²) < 4.78 is 158. The first kappa shape index (κ1) is 61.4. The average Bonchev–Trinajstić information content (AvgIpc) is 3.17. The number of nitrogens with zero attached hydrogens (tertiary/aromatic N) is 1. The molecule has 0 rings (SSSR count). The largest absolute Gasteiger partial charge is 0.756 e. The molecular formula is C44H70F10NO8P. The van der Waals surface area contributed by atoms with E-state index in [0.29, 0.717) is 81.7 Å². The van der Waals surface area contributed by atoms with Gasteiger partial charge in [0, 0.05) is 51.4 Å². The minimum absolute atomic E-state index is 0.0431. The van der Waals surface area contributed by atoms with Crippen LogP contribution in [0.5, 0.6) is 0 Å². The lowest BCUT2D eigenvalue weighted by Crippen LogP contribution is -2.37. The van der Waals surface area contributed by atoms with Crippen LogP contribution in [0.1, 0.15) is 167 Å². The maximum atomic E-state index is 12.9. The van der Waals surface area contributed by atoms with Gasteiger partial charge in [0.05, 0.1) is 27.7 Å². The number of ether oxygens (including phenoxy) is 2. The summed E-state index contributed by atoms with van der Waals surface area (Å²) >= 11 is 0. The molecule has 9 nitrogen and oxygen atoms in total. The predicted octanol–water partition coefficient (Wildman–Crippen LogP) is 12.2. The molecule has 64 heavy (non-hydrogen) atoms. The second-order valence-corrected chi connectivity index (χ2v) is 18.3. The minimum Gasteiger partial charge on any atom is -0.756 e. The van der Waals surface area contributed by atoms with E-state index >= 15 is 0 Å². The Labute approximate surface area is 373 Å². The molecule has 0 heterocycles. The second kappa shape index (κ2) is 33.0. The topological polar surface area (TPSA) is 111 Å². The molecule has 0 spiro atoms. The lowest BCUT2D eigenvalue weighted by atomic mass is 10.1. The normalized spacial score (nSPS) is 13.9. The summed E-state index contributed by atoms with van der Waals surface area (Å²) in [4.78, 5) is 37.4. The summed E-state index contributed by atoms with van der Waals surface area (Å²) in [5.74, 6) is 1.53. The third kappa shape index (κ3) is 34.7. The molecule has 0 amide bonds. The molecule has 0 aliphatic rings. The van der Waals surface area contributed by atoms with Crippen molar-refractivity contribution < 1.29 is 86.0 Å². The summed E-state index contributed by atoms with van der Waals surface area (Å²) in [5.41, 5.74) is 0. The van der Waals surface area contributed by atoms with Gasteiger partial charge in [-0.2, -0.15) is 43.9 Å². The van der Waals surface area contributed by atoms with Crippen LogP contribution < -0.4 is 4.89 Å². The number of hydrogen-bond acceptors (Lipinski definition) is 8. The number of unbranched alkanes of at least 4 members (excludes halogenated alkanes) is 18. The van der Waals surface area contributed by atoms with Crippen molar-refractivity contribution in [1.82, 2.24) is 0 Å². The minimum atomic E-state index is -5.52. The van der Waals surface area contributed by atoms with Crippen LogP contribution in [-0.2, 0) is 32.7 Å². The van der Waals surface area contributed by atoms with E-state index in [9.17, 15) is 63.0 Å². The molecule has 0 saturated heterocycles. The Kier molecular flexibility index (Phi) is 31.7. The fraction of sp³-hybridized carbons (Fsp3) is 0.864. The molecule has 374 valence electrons. The molecule has 0 aromatic rings. The number of hydrogen-bond donors (Lipinski definition) is 0. The van der Waals surface area contributed by atoms with Crippen molar-refractivity contribution in [2.45, 2.75) is 197 Å². The Morgan fingerprint density at radius 3 is 1.28 bits per heavy atom. The Balaban J connectivity index is 4.42. The highest BCUT2D eigenvalue weighted by Gasteiger charge is 2.57. The molecule has 0 bridgehead atoms. The van der Waals surface area contributed by atoms with Gasteiger partial charge in [-0.15, -0.1) is 23.7 Å². The highest BCUT2D eigenvalue weighted by atomic mass is 31.2. The average molecular weight is 962 g/mol. The Bertz CT molecular complexity index is 1450. The first-order valence-corrected chi connectivity index (χ1v) is 23.8. The van der Waals surface area contributed by atoms with Crippen molar-refractivity contribution in [3.63, 3.8) is 0 Å². The molecule has 20 heteroatoms. The van der Waals surface area contributed by atoms with Crippen LogP contribution in [0.25, 0.3) is 0 Å². The Morgan fingerprint density at radius 2 is 0.891 bits per heavy atom. The van der Waals surface area contributed by atoms with Gasteiger partial charge in [-0.05, 0) is 51.4 Å². The number of quaternary nitrogens is 1. The number of likely N-dealkylation sites (N-methyl/N-ethyl adjacent to an activating group) is 1. The zero-order chi connectivity index (χ0) is 48.6. The fourth-order valence-corrected chi connectivity index (χ4v) is 6.48. The summed E-state index contributed by atoms with van der Waals surface area (Å²) in [5, 5.41) is 0. The highest BCUT2D eigenvalue weighted by molar-refractivity contribution is 7.45. The molecule has 2 atom stereocenters. The molecule has 0 aromatic carbocycles. The summed E-state index contributed by atoms with van der Waals surface area (Å²) in [6.45, 7) is -0.782. The van der Waals surface area contributed by atoms with Gasteiger partial charge in [0.15, 0.2) is 6.10 Å². The van der Waals surface area contributed by atoms with Crippen LogP contribution in [0.4, 0.5) is 43.9 Å². The van der Waals surface area contributed by atoms with Crippen molar-refractivity contribution in [3.05, 3.63) is 0 Å². The van der Waals surface area contributed by atoms with Crippen LogP contribution in [0.2, 0.25) is 0 Å². The summed E-state index contributed by atoms with van der Waals surface area (Å²) in [6.07, 6.45) is -2.15. The Hall–Kier alpha value is -2.57. The third-order valence-electron chi connectivity index (χ3n) is 9.69. The van der Waals surface area contributed by atoms with E-state index in [1.165, 1.54) is 0 Å². The number of phosphoric ester groups is 1. The van der Waals surface area contributed by atoms with E-state index in [0.717, 1.165) is 44.9 Å².